The van der Waals surface area contributed by atoms with Crippen molar-refractivity contribution in [3.63, 3.8) is 0 Å². The van der Waals surface area contributed by atoms with Gasteiger partial charge >= 0.3 is 0 Å². The molecule has 9 heteroatoms. The molecule has 1 aromatic heterocycles. The molecule has 3 amide bonds. The summed E-state index contributed by atoms with van der Waals surface area (Å²) in [5.74, 6) is -0.881. The number of thiophene rings is 1. The minimum atomic E-state index is -0.556. The Morgan fingerprint density at radius 3 is 2.00 bits per heavy atom. The van der Waals surface area contributed by atoms with E-state index in [1.807, 2.05) is 17.5 Å². The summed E-state index contributed by atoms with van der Waals surface area (Å²) in [6, 6.07) is 3.84. The lowest BCUT2D eigenvalue weighted by Gasteiger charge is -2.28. The van der Waals surface area contributed by atoms with Gasteiger partial charge in [-0.3, -0.25) is 14.4 Å². The Bertz CT molecular complexity index is 810. The van der Waals surface area contributed by atoms with Crippen LogP contribution in [0.1, 0.15) is 95.3 Å². The van der Waals surface area contributed by atoms with Crippen LogP contribution in [0.2, 0.25) is 0 Å². The molecule has 1 rings (SSSR count). The summed E-state index contributed by atoms with van der Waals surface area (Å²) in [6.45, 7) is 4.93. The number of nitrogens with one attached hydrogen (secondary N) is 1. The first-order chi connectivity index (χ1) is 19.1. The number of carbonyl (C=O) groups is 3. The predicted molar refractivity (Wildman–Crippen MR) is 167 cm³/mol. The summed E-state index contributed by atoms with van der Waals surface area (Å²) in [7, 11) is 6.45. The molecular weight excluding hydrogens is 522 g/mol. The summed E-state index contributed by atoms with van der Waals surface area (Å²) in [5.41, 5.74) is 5.43. The molecule has 0 aliphatic heterocycles. The third kappa shape index (κ3) is 19.2. The maximum Gasteiger partial charge on any atom is 0.242 e. The van der Waals surface area contributed by atoms with Gasteiger partial charge < -0.3 is 25.3 Å². The highest BCUT2D eigenvalue weighted by molar-refractivity contribution is 7.09. The van der Waals surface area contributed by atoms with E-state index in [1.165, 1.54) is 80.4 Å². The zero-order valence-corrected chi connectivity index (χ0v) is 26.7. The standard InChI is InChI=1S/C31H57N5O3S/c1-5-6-7-8-9-10-11-12-13-14-15-20-33-24-30(38)34(21-16-17-22-36(2,3)4)27-31(39)35(26-29(32)37)25-28-19-18-23-40-28/h18-19,23,33H,5-17,20-22,24-27H2,1-4H3,(H-,32,37)/p+1. The highest BCUT2D eigenvalue weighted by Gasteiger charge is 2.23. The highest BCUT2D eigenvalue weighted by Crippen LogP contribution is 2.13. The molecule has 0 fully saturated rings. The Kier molecular flexibility index (Phi) is 19.6. The molecular formula is C31H58N5O3S+. The van der Waals surface area contributed by atoms with Gasteiger partial charge in [0.2, 0.25) is 17.7 Å². The average molecular weight is 581 g/mol. The number of amides is 3. The van der Waals surface area contributed by atoms with E-state index in [-0.39, 0.29) is 31.4 Å². The molecule has 0 atom stereocenters. The van der Waals surface area contributed by atoms with Crippen LogP contribution in [0.4, 0.5) is 0 Å². The average Bonchev–Trinajstić information content (AvgIpc) is 3.40. The van der Waals surface area contributed by atoms with E-state index in [2.05, 4.69) is 33.4 Å². The van der Waals surface area contributed by atoms with Crippen molar-refractivity contribution >= 4 is 29.1 Å². The van der Waals surface area contributed by atoms with Gasteiger partial charge in [0, 0.05) is 11.4 Å². The summed E-state index contributed by atoms with van der Waals surface area (Å²) in [5, 5.41) is 5.23. The van der Waals surface area contributed by atoms with Crippen LogP contribution in [-0.4, -0.2) is 92.4 Å². The summed E-state index contributed by atoms with van der Waals surface area (Å²) in [6.07, 6.45) is 16.0. The van der Waals surface area contributed by atoms with E-state index in [1.54, 1.807) is 4.90 Å². The van der Waals surface area contributed by atoms with Crippen LogP contribution in [0.5, 0.6) is 0 Å². The lowest BCUT2D eigenvalue weighted by atomic mass is 10.1. The Hall–Kier alpha value is -1.97. The van der Waals surface area contributed by atoms with E-state index in [0.717, 1.165) is 41.7 Å². The van der Waals surface area contributed by atoms with Crippen molar-refractivity contribution in [2.24, 2.45) is 5.73 Å². The largest absolute Gasteiger partial charge is 0.368 e. The van der Waals surface area contributed by atoms with Crippen molar-refractivity contribution in [3.05, 3.63) is 22.4 Å². The second-order valence-corrected chi connectivity index (χ2v) is 13.1. The molecule has 3 N–H and O–H groups in total. The van der Waals surface area contributed by atoms with Crippen LogP contribution in [0.3, 0.4) is 0 Å². The van der Waals surface area contributed by atoms with Crippen molar-refractivity contribution in [1.82, 2.24) is 15.1 Å². The van der Waals surface area contributed by atoms with Crippen molar-refractivity contribution in [3.8, 4) is 0 Å². The SMILES string of the molecule is CCCCCCCCCCCCCNCC(=O)N(CCCC[N+](C)(C)C)CC(=O)N(CC(N)=O)Cc1cccs1. The molecule has 0 aliphatic carbocycles. The van der Waals surface area contributed by atoms with Gasteiger partial charge in [0.1, 0.15) is 0 Å². The van der Waals surface area contributed by atoms with Crippen molar-refractivity contribution in [1.29, 1.82) is 0 Å². The fourth-order valence-electron chi connectivity index (χ4n) is 4.68. The van der Waals surface area contributed by atoms with Gasteiger partial charge in [0.15, 0.2) is 0 Å². The summed E-state index contributed by atoms with van der Waals surface area (Å²) >= 11 is 1.53. The second-order valence-electron chi connectivity index (χ2n) is 12.0. The van der Waals surface area contributed by atoms with Gasteiger partial charge in [-0.1, -0.05) is 77.2 Å². The Morgan fingerprint density at radius 2 is 1.45 bits per heavy atom. The van der Waals surface area contributed by atoms with E-state index in [4.69, 9.17) is 5.73 Å². The number of primary amides is 1. The molecule has 0 aromatic carbocycles. The highest BCUT2D eigenvalue weighted by atomic mass is 32.1. The molecule has 0 saturated carbocycles. The van der Waals surface area contributed by atoms with Gasteiger partial charge in [-0.05, 0) is 37.3 Å². The molecule has 40 heavy (non-hydrogen) atoms. The Morgan fingerprint density at radius 1 is 0.825 bits per heavy atom. The molecule has 0 radical (unpaired) electrons. The Balaban J connectivity index is 2.47. The first-order valence-corrected chi connectivity index (χ1v) is 16.4. The summed E-state index contributed by atoms with van der Waals surface area (Å²) in [4.78, 5) is 42.1. The molecule has 0 bridgehead atoms. The van der Waals surface area contributed by atoms with Crippen LogP contribution < -0.4 is 11.1 Å². The normalized spacial score (nSPS) is 11.5. The number of hydrogen-bond donors (Lipinski definition) is 2. The van der Waals surface area contributed by atoms with Crippen LogP contribution in [0, 0.1) is 0 Å². The van der Waals surface area contributed by atoms with E-state index in [0.29, 0.717) is 13.1 Å². The third-order valence-corrected chi connectivity index (χ3v) is 7.91. The van der Waals surface area contributed by atoms with Crippen molar-refractivity contribution < 1.29 is 18.9 Å². The number of nitrogens with two attached hydrogens (primary N) is 1. The number of hydrogen-bond acceptors (Lipinski definition) is 5. The zero-order chi connectivity index (χ0) is 29.6. The van der Waals surface area contributed by atoms with Gasteiger partial charge in [-0.2, -0.15) is 0 Å². The summed E-state index contributed by atoms with van der Waals surface area (Å²) < 4.78 is 0.862. The molecule has 0 aliphatic rings. The fraction of sp³-hybridized carbons (Fsp3) is 0.774. The maximum absolute atomic E-state index is 13.2. The molecule has 1 aromatic rings. The minimum Gasteiger partial charge on any atom is -0.368 e. The fourth-order valence-corrected chi connectivity index (χ4v) is 5.40. The molecule has 1 heterocycles. The van der Waals surface area contributed by atoms with Gasteiger partial charge in [0.05, 0.1) is 53.9 Å². The lowest BCUT2D eigenvalue weighted by molar-refractivity contribution is -0.870. The molecule has 0 saturated heterocycles. The number of rotatable bonds is 25. The minimum absolute atomic E-state index is 0.0397. The number of unbranched alkanes of at least 4 members (excludes halogenated alkanes) is 11. The van der Waals surface area contributed by atoms with Gasteiger partial charge in [0.25, 0.3) is 0 Å². The third-order valence-electron chi connectivity index (χ3n) is 7.05. The van der Waals surface area contributed by atoms with E-state index >= 15 is 0 Å². The first kappa shape index (κ1) is 36.1. The second kappa shape index (κ2) is 21.7. The molecule has 0 unspecified atom stereocenters. The first-order valence-electron chi connectivity index (χ1n) is 15.5. The van der Waals surface area contributed by atoms with Crippen LogP contribution in [0.25, 0.3) is 0 Å². The predicted octanol–water partition coefficient (Wildman–Crippen LogP) is 4.78. The zero-order valence-electron chi connectivity index (χ0n) is 25.9. The molecule has 0 spiro atoms. The lowest BCUT2D eigenvalue weighted by Crippen LogP contribution is -2.47. The Labute approximate surface area is 248 Å². The topological polar surface area (TPSA) is 95.7 Å². The van der Waals surface area contributed by atoms with Crippen LogP contribution in [-0.2, 0) is 20.9 Å². The van der Waals surface area contributed by atoms with Crippen molar-refractivity contribution in [2.45, 2.75) is 96.9 Å². The van der Waals surface area contributed by atoms with Crippen LogP contribution in [0.15, 0.2) is 17.5 Å². The molecule has 8 nitrogen and oxygen atoms in total. The van der Waals surface area contributed by atoms with E-state index in [9.17, 15) is 14.4 Å². The number of quaternary nitrogens is 1. The smallest absolute Gasteiger partial charge is 0.242 e. The number of nitrogens with zero attached hydrogens (tertiary/aromatic N) is 3. The van der Waals surface area contributed by atoms with Crippen LogP contribution >= 0.6 is 11.3 Å². The van der Waals surface area contributed by atoms with E-state index < -0.39 is 5.91 Å². The molecule has 230 valence electrons. The van der Waals surface area contributed by atoms with Gasteiger partial charge in [-0.25, -0.2) is 0 Å². The monoisotopic (exact) mass is 580 g/mol. The number of carbonyl (C=O) groups excluding carboxylic acids is 3. The van der Waals surface area contributed by atoms with Gasteiger partial charge in [-0.15, -0.1) is 11.3 Å². The van der Waals surface area contributed by atoms with Crippen molar-refractivity contribution in [2.75, 3.05) is 60.4 Å². The maximum atomic E-state index is 13.2. The quantitative estimate of drug-likeness (QED) is 0.129.